The molecule has 0 atom stereocenters. The normalized spacial score (nSPS) is 10.8. The lowest BCUT2D eigenvalue weighted by molar-refractivity contribution is -0.119. The minimum atomic E-state index is -0.300. The molecule has 0 aliphatic heterocycles. The topological polar surface area (TPSA) is 105 Å². The first kappa shape index (κ1) is 20.9. The summed E-state index contributed by atoms with van der Waals surface area (Å²) in [6.45, 7) is 0.0289. The van der Waals surface area contributed by atoms with Crippen molar-refractivity contribution in [3.8, 4) is 5.69 Å². The third-order valence-corrected chi connectivity index (χ3v) is 4.42. The van der Waals surface area contributed by atoms with Gasteiger partial charge in [-0.3, -0.25) is 14.5 Å². The molecular formula is C18H17BrClN7O2. The number of hydrogen-bond donors (Lipinski definition) is 2. The van der Waals surface area contributed by atoms with Crippen LogP contribution in [0, 0.1) is 0 Å². The first-order valence-electron chi connectivity index (χ1n) is 8.45. The van der Waals surface area contributed by atoms with Crippen molar-refractivity contribution in [2.24, 2.45) is 0 Å². The molecule has 2 amide bonds. The van der Waals surface area contributed by atoms with Crippen molar-refractivity contribution in [1.82, 2.24) is 24.6 Å². The zero-order valence-corrected chi connectivity index (χ0v) is 17.7. The van der Waals surface area contributed by atoms with Crippen LogP contribution in [0.1, 0.15) is 0 Å². The molecule has 0 saturated heterocycles. The van der Waals surface area contributed by atoms with Crippen LogP contribution in [0.4, 0.5) is 11.5 Å². The van der Waals surface area contributed by atoms with E-state index in [-0.39, 0.29) is 24.9 Å². The molecule has 0 saturated carbocycles. The Morgan fingerprint density at radius 2 is 1.93 bits per heavy atom. The van der Waals surface area contributed by atoms with Gasteiger partial charge in [-0.15, -0.1) is 0 Å². The lowest BCUT2D eigenvalue weighted by Gasteiger charge is -2.17. The van der Waals surface area contributed by atoms with Gasteiger partial charge in [0.05, 0.1) is 24.5 Å². The maximum Gasteiger partial charge on any atom is 0.239 e. The summed E-state index contributed by atoms with van der Waals surface area (Å²) < 4.78 is 2.34. The maximum absolute atomic E-state index is 12.4. The summed E-state index contributed by atoms with van der Waals surface area (Å²) in [7, 11) is 1.67. The van der Waals surface area contributed by atoms with Crippen LogP contribution < -0.4 is 10.6 Å². The molecule has 3 rings (SSSR count). The molecule has 9 nitrogen and oxygen atoms in total. The second-order valence-electron chi connectivity index (χ2n) is 6.13. The van der Waals surface area contributed by atoms with Gasteiger partial charge in [-0.2, -0.15) is 5.10 Å². The van der Waals surface area contributed by atoms with Crippen molar-refractivity contribution >= 4 is 50.9 Å². The molecule has 0 radical (unpaired) electrons. The first-order chi connectivity index (χ1) is 13.9. The number of anilines is 2. The largest absolute Gasteiger partial charge is 0.323 e. The highest BCUT2D eigenvalue weighted by Gasteiger charge is 2.14. The molecule has 29 heavy (non-hydrogen) atoms. The number of amides is 2. The number of hydrogen-bond acceptors (Lipinski definition) is 6. The SMILES string of the molecule is CN(CC(=O)Nc1ccc(Br)cn1)CC(=O)Nc1cc(Cl)ccc1-n1cncn1. The third kappa shape index (κ3) is 6.08. The Morgan fingerprint density at radius 1 is 1.17 bits per heavy atom. The van der Waals surface area contributed by atoms with Crippen LogP contribution in [0.25, 0.3) is 5.69 Å². The Kier molecular flexibility index (Phi) is 6.91. The van der Waals surface area contributed by atoms with E-state index < -0.39 is 0 Å². The van der Waals surface area contributed by atoms with Crippen molar-refractivity contribution in [1.29, 1.82) is 0 Å². The molecule has 0 fully saturated rings. The fourth-order valence-corrected chi connectivity index (χ4v) is 2.92. The molecular weight excluding hydrogens is 462 g/mol. The highest BCUT2D eigenvalue weighted by Crippen LogP contribution is 2.23. The molecule has 2 N–H and O–H groups in total. The number of nitrogens with zero attached hydrogens (tertiary/aromatic N) is 5. The van der Waals surface area contributed by atoms with Gasteiger partial charge in [0, 0.05) is 15.7 Å². The Balaban J connectivity index is 1.57. The van der Waals surface area contributed by atoms with Crippen LogP contribution in [-0.2, 0) is 9.59 Å². The standard InChI is InChI=1S/C18H17BrClN7O2/c1-26(9-18(29)25-16-5-2-12(19)7-22-16)8-17(28)24-14-6-13(20)3-4-15(14)27-11-21-10-23-27/h2-7,10-11H,8-9H2,1H3,(H,24,28)(H,22,25,29). The average molecular weight is 479 g/mol. The van der Waals surface area contributed by atoms with Gasteiger partial charge in [0.1, 0.15) is 18.5 Å². The summed E-state index contributed by atoms with van der Waals surface area (Å²) in [6.07, 6.45) is 4.50. The molecule has 0 spiro atoms. The predicted molar refractivity (Wildman–Crippen MR) is 113 cm³/mol. The van der Waals surface area contributed by atoms with E-state index in [0.29, 0.717) is 22.2 Å². The van der Waals surface area contributed by atoms with E-state index in [1.807, 2.05) is 0 Å². The number of benzene rings is 1. The highest BCUT2D eigenvalue weighted by molar-refractivity contribution is 9.10. The van der Waals surface area contributed by atoms with Crippen LogP contribution >= 0.6 is 27.5 Å². The molecule has 2 aromatic heterocycles. The Bertz CT molecular complexity index is 996. The predicted octanol–water partition coefficient (Wildman–Crippen LogP) is 2.59. The summed E-state index contributed by atoms with van der Waals surface area (Å²) >= 11 is 9.34. The van der Waals surface area contributed by atoms with Crippen molar-refractivity contribution in [3.05, 3.63) is 58.7 Å². The number of pyridine rings is 1. The molecule has 2 heterocycles. The van der Waals surface area contributed by atoms with E-state index in [2.05, 4.69) is 41.6 Å². The molecule has 0 aliphatic carbocycles. The number of likely N-dealkylation sites (N-methyl/N-ethyl adjacent to an activating group) is 1. The van der Waals surface area contributed by atoms with Gasteiger partial charge in [-0.05, 0) is 53.3 Å². The van der Waals surface area contributed by atoms with Crippen molar-refractivity contribution < 1.29 is 9.59 Å². The number of aromatic nitrogens is 4. The second kappa shape index (κ2) is 9.59. The number of carbonyl (C=O) groups is 2. The van der Waals surface area contributed by atoms with Gasteiger partial charge in [0.15, 0.2) is 0 Å². The molecule has 0 bridgehead atoms. The summed E-state index contributed by atoms with van der Waals surface area (Å²) in [6, 6.07) is 8.51. The Labute approximate surface area is 180 Å². The zero-order valence-electron chi connectivity index (χ0n) is 15.3. The van der Waals surface area contributed by atoms with Crippen molar-refractivity contribution in [2.75, 3.05) is 30.8 Å². The molecule has 150 valence electrons. The first-order valence-corrected chi connectivity index (χ1v) is 9.62. The third-order valence-electron chi connectivity index (χ3n) is 3.72. The molecule has 3 aromatic rings. The number of rotatable bonds is 7. The second-order valence-corrected chi connectivity index (χ2v) is 7.48. The van der Waals surface area contributed by atoms with Gasteiger partial charge in [-0.25, -0.2) is 14.6 Å². The monoisotopic (exact) mass is 477 g/mol. The highest BCUT2D eigenvalue weighted by atomic mass is 79.9. The number of nitrogens with one attached hydrogen (secondary N) is 2. The summed E-state index contributed by atoms with van der Waals surface area (Å²) in [5.41, 5.74) is 1.12. The quantitative estimate of drug-likeness (QED) is 0.541. The molecule has 0 unspecified atom stereocenters. The van der Waals surface area contributed by atoms with Crippen LogP contribution in [0.5, 0.6) is 0 Å². The van der Waals surface area contributed by atoms with Gasteiger partial charge in [-0.1, -0.05) is 11.6 Å². The smallest absolute Gasteiger partial charge is 0.239 e. The van der Waals surface area contributed by atoms with Gasteiger partial charge >= 0.3 is 0 Å². The Morgan fingerprint density at radius 3 is 2.59 bits per heavy atom. The fraction of sp³-hybridized carbons (Fsp3) is 0.167. The van der Waals surface area contributed by atoms with Gasteiger partial charge < -0.3 is 10.6 Å². The van der Waals surface area contributed by atoms with E-state index in [9.17, 15) is 9.59 Å². The lowest BCUT2D eigenvalue weighted by atomic mass is 10.2. The summed E-state index contributed by atoms with van der Waals surface area (Å²) in [5, 5.41) is 10.0. The van der Waals surface area contributed by atoms with E-state index in [1.54, 1.807) is 48.5 Å². The van der Waals surface area contributed by atoms with Crippen LogP contribution in [-0.4, -0.2) is 56.6 Å². The summed E-state index contributed by atoms with van der Waals surface area (Å²) in [5.74, 6) is -0.140. The van der Waals surface area contributed by atoms with E-state index in [1.165, 1.54) is 17.3 Å². The maximum atomic E-state index is 12.4. The van der Waals surface area contributed by atoms with Crippen LogP contribution in [0.2, 0.25) is 5.02 Å². The Hall–Kier alpha value is -2.82. The van der Waals surface area contributed by atoms with Crippen LogP contribution in [0.15, 0.2) is 53.7 Å². The van der Waals surface area contributed by atoms with Crippen molar-refractivity contribution in [2.45, 2.75) is 0 Å². The minimum absolute atomic E-state index is 0.00446. The fourth-order valence-electron chi connectivity index (χ4n) is 2.51. The minimum Gasteiger partial charge on any atom is -0.323 e. The van der Waals surface area contributed by atoms with E-state index >= 15 is 0 Å². The molecule has 1 aromatic carbocycles. The number of carbonyl (C=O) groups excluding carboxylic acids is 2. The molecule has 0 aliphatic rings. The van der Waals surface area contributed by atoms with Gasteiger partial charge in [0.25, 0.3) is 0 Å². The average Bonchev–Trinajstić information content (AvgIpc) is 3.18. The van der Waals surface area contributed by atoms with E-state index in [0.717, 1.165) is 4.47 Å². The van der Waals surface area contributed by atoms with Crippen LogP contribution in [0.3, 0.4) is 0 Å². The summed E-state index contributed by atoms with van der Waals surface area (Å²) in [4.78, 5) is 34.1. The van der Waals surface area contributed by atoms with E-state index in [4.69, 9.17) is 11.6 Å². The lowest BCUT2D eigenvalue weighted by Crippen LogP contribution is -2.36. The zero-order chi connectivity index (χ0) is 20.8. The van der Waals surface area contributed by atoms with Gasteiger partial charge in [0.2, 0.25) is 11.8 Å². The van der Waals surface area contributed by atoms with Crippen molar-refractivity contribution in [3.63, 3.8) is 0 Å². The molecule has 11 heteroatoms. The number of halogens is 2.